The van der Waals surface area contributed by atoms with Crippen molar-refractivity contribution in [3.05, 3.63) is 57.6 Å². The van der Waals surface area contributed by atoms with E-state index in [1.54, 1.807) is 18.2 Å². The Bertz CT molecular complexity index is 632. The molecule has 0 aliphatic carbocycles. The van der Waals surface area contributed by atoms with Crippen LogP contribution in [-0.2, 0) is 0 Å². The molecule has 0 radical (unpaired) electrons. The number of nitriles is 1. The van der Waals surface area contributed by atoms with Gasteiger partial charge in [0.15, 0.2) is 0 Å². The Hall–Kier alpha value is -1.14. The molecular weight excluding hydrogens is 285 g/mol. The van der Waals surface area contributed by atoms with Crippen molar-refractivity contribution in [1.29, 1.82) is 5.26 Å². The average Bonchev–Trinajstić information content (AvgIpc) is 2.34. The Balaban J connectivity index is 2.43. The Morgan fingerprint density at radius 1 is 1.06 bits per heavy atom. The molecular formula is C14H9Cl2NS. The molecule has 0 saturated carbocycles. The van der Waals surface area contributed by atoms with Gasteiger partial charge in [-0.3, -0.25) is 0 Å². The first-order chi connectivity index (χ1) is 8.60. The molecule has 0 spiro atoms. The zero-order valence-corrected chi connectivity index (χ0v) is 11.9. The molecule has 1 nitrogen and oxygen atoms in total. The van der Waals surface area contributed by atoms with Gasteiger partial charge in [0.25, 0.3) is 0 Å². The van der Waals surface area contributed by atoms with Gasteiger partial charge in [-0.05, 0) is 42.8 Å². The van der Waals surface area contributed by atoms with Crippen LogP contribution in [0, 0.1) is 18.3 Å². The summed E-state index contributed by atoms with van der Waals surface area (Å²) in [6, 6.07) is 13.2. The summed E-state index contributed by atoms with van der Waals surface area (Å²) in [5.41, 5.74) is 1.75. The van der Waals surface area contributed by atoms with E-state index in [1.807, 2.05) is 25.1 Å². The fourth-order valence-corrected chi connectivity index (χ4v) is 3.01. The monoisotopic (exact) mass is 293 g/mol. The molecule has 18 heavy (non-hydrogen) atoms. The van der Waals surface area contributed by atoms with Crippen molar-refractivity contribution in [2.24, 2.45) is 0 Å². The zero-order valence-electron chi connectivity index (χ0n) is 9.58. The third kappa shape index (κ3) is 3.00. The van der Waals surface area contributed by atoms with Crippen molar-refractivity contribution in [3.63, 3.8) is 0 Å². The summed E-state index contributed by atoms with van der Waals surface area (Å²) in [5, 5.41) is 10.4. The van der Waals surface area contributed by atoms with E-state index in [0.29, 0.717) is 15.6 Å². The summed E-state index contributed by atoms with van der Waals surface area (Å²) < 4.78 is 0. The van der Waals surface area contributed by atoms with Gasteiger partial charge in [0.1, 0.15) is 6.07 Å². The quantitative estimate of drug-likeness (QED) is 0.748. The lowest BCUT2D eigenvalue weighted by molar-refractivity contribution is 1.30. The van der Waals surface area contributed by atoms with E-state index in [2.05, 4.69) is 6.07 Å². The second kappa shape index (κ2) is 5.67. The minimum atomic E-state index is 0.632. The number of halogens is 2. The maximum Gasteiger partial charge on any atom is 0.100 e. The van der Waals surface area contributed by atoms with E-state index in [1.165, 1.54) is 11.8 Å². The molecule has 0 N–H and O–H groups in total. The summed E-state index contributed by atoms with van der Waals surface area (Å²) in [6.45, 7) is 1.99. The van der Waals surface area contributed by atoms with Gasteiger partial charge in [0, 0.05) is 14.8 Å². The van der Waals surface area contributed by atoms with E-state index in [-0.39, 0.29) is 0 Å². The highest BCUT2D eigenvalue weighted by molar-refractivity contribution is 7.99. The molecule has 2 aromatic rings. The minimum absolute atomic E-state index is 0.632. The van der Waals surface area contributed by atoms with Gasteiger partial charge < -0.3 is 0 Å². The summed E-state index contributed by atoms with van der Waals surface area (Å²) in [5.74, 6) is 0. The van der Waals surface area contributed by atoms with Crippen molar-refractivity contribution in [3.8, 4) is 6.07 Å². The highest BCUT2D eigenvalue weighted by Crippen LogP contribution is 2.36. The van der Waals surface area contributed by atoms with Gasteiger partial charge in [-0.15, -0.1) is 0 Å². The predicted octanol–water partition coefficient (Wildman–Crippen LogP) is 5.32. The van der Waals surface area contributed by atoms with Gasteiger partial charge >= 0.3 is 0 Å². The molecule has 0 aliphatic heterocycles. The summed E-state index contributed by atoms with van der Waals surface area (Å²) in [4.78, 5) is 1.74. The molecule has 0 amide bonds. The van der Waals surface area contributed by atoms with Crippen molar-refractivity contribution in [2.45, 2.75) is 16.7 Å². The Morgan fingerprint density at radius 3 is 2.56 bits per heavy atom. The molecule has 4 heteroatoms. The highest BCUT2D eigenvalue weighted by atomic mass is 35.5. The standard InChI is InChI=1S/C14H9Cl2NS/c1-9-2-3-10(8-17)13(6-9)18-14-7-11(15)4-5-12(14)16/h2-7H,1H3. The van der Waals surface area contributed by atoms with E-state index < -0.39 is 0 Å². The van der Waals surface area contributed by atoms with Crippen LogP contribution in [-0.4, -0.2) is 0 Å². The maximum atomic E-state index is 9.09. The van der Waals surface area contributed by atoms with Crippen LogP contribution in [0.15, 0.2) is 46.2 Å². The van der Waals surface area contributed by atoms with Gasteiger partial charge in [0.2, 0.25) is 0 Å². The van der Waals surface area contributed by atoms with Crippen molar-refractivity contribution < 1.29 is 0 Å². The smallest absolute Gasteiger partial charge is 0.100 e. The van der Waals surface area contributed by atoms with Crippen molar-refractivity contribution >= 4 is 35.0 Å². The summed E-state index contributed by atoms with van der Waals surface area (Å²) in [6.07, 6.45) is 0. The molecule has 90 valence electrons. The first-order valence-corrected chi connectivity index (χ1v) is 6.81. The lowest BCUT2D eigenvalue weighted by Gasteiger charge is -2.07. The highest BCUT2D eigenvalue weighted by Gasteiger charge is 2.08. The van der Waals surface area contributed by atoms with Crippen molar-refractivity contribution in [2.75, 3.05) is 0 Å². The van der Waals surface area contributed by atoms with E-state index in [4.69, 9.17) is 28.5 Å². The number of hydrogen-bond donors (Lipinski definition) is 0. The number of rotatable bonds is 2. The third-order valence-electron chi connectivity index (χ3n) is 2.37. The molecule has 0 aliphatic rings. The number of hydrogen-bond acceptors (Lipinski definition) is 2. The zero-order chi connectivity index (χ0) is 13.1. The molecule has 2 rings (SSSR count). The second-order valence-electron chi connectivity index (χ2n) is 3.79. The van der Waals surface area contributed by atoms with Crippen LogP contribution in [0.25, 0.3) is 0 Å². The normalized spacial score (nSPS) is 10.1. The minimum Gasteiger partial charge on any atom is -0.192 e. The van der Waals surface area contributed by atoms with Crippen molar-refractivity contribution in [1.82, 2.24) is 0 Å². The predicted molar refractivity (Wildman–Crippen MR) is 76.5 cm³/mol. The van der Waals surface area contributed by atoms with E-state index in [9.17, 15) is 0 Å². The largest absolute Gasteiger partial charge is 0.192 e. The van der Waals surface area contributed by atoms with Crippen LogP contribution in [0.2, 0.25) is 10.0 Å². The Morgan fingerprint density at radius 2 is 1.83 bits per heavy atom. The topological polar surface area (TPSA) is 23.8 Å². The van der Waals surface area contributed by atoms with Crippen LogP contribution >= 0.6 is 35.0 Å². The van der Waals surface area contributed by atoms with Crippen LogP contribution in [0.4, 0.5) is 0 Å². The van der Waals surface area contributed by atoms with Gasteiger partial charge in [0.05, 0.1) is 10.6 Å². The number of benzene rings is 2. The molecule has 2 aromatic carbocycles. The van der Waals surface area contributed by atoms with Crippen LogP contribution in [0.1, 0.15) is 11.1 Å². The third-order valence-corrected chi connectivity index (χ3v) is 4.16. The fraction of sp³-hybridized carbons (Fsp3) is 0.0714. The van der Waals surface area contributed by atoms with Gasteiger partial charge in [-0.2, -0.15) is 5.26 Å². The first-order valence-electron chi connectivity index (χ1n) is 5.24. The average molecular weight is 294 g/mol. The summed E-state index contributed by atoms with van der Waals surface area (Å²) >= 11 is 13.5. The van der Waals surface area contributed by atoms with Crippen LogP contribution < -0.4 is 0 Å². The second-order valence-corrected chi connectivity index (χ2v) is 5.72. The molecule has 0 unspecified atom stereocenters. The SMILES string of the molecule is Cc1ccc(C#N)c(Sc2cc(Cl)ccc2Cl)c1. The maximum absolute atomic E-state index is 9.09. The first kappa shape index (κ1) is 13.3. The van der Waals surface area contributed by atoms with E-state index in [0.717, 1.165) is 15.4 Å². The molecule has 0 heterocycles. The molecule has 0 bridgehead atoms. The van der Waals surface area contributed by atoms with E-state index >= 15 is 0 Å². The Kier molecular flexibility index (Phi) is 4.19. The Labute approximate surface area is 120 Å². The van der Waals surface area contributed by atoms with Gasteiger partial charge in [-0.25, -0.2) is 0 Å². The van der Waals surface area contributed by atoms with Crippen LogP contribution in [0.5, 0.6) is 0 Å². The lowest BCUT2D eigenvalue weighted by Crippen LogP contribution is -1.84. The van der Waals surface area contributed by atoms with Gasteiger partial charge in [-0.1, -0.05) is 41.0 Å². The van der Waals surface area contributed by atoms with Crippen LogP contribution in [0.3, 0.4) is 0 Å². The fourth-order valence-electron chi connectivity index (χ4n) is 1.48. The molecule has 0 atom stereocenters. The summed E-state index contributed by atoms with van der Waals surface area (Å²) in [7, 11) is 0. The lowest BCUT2D eigenvalue weighted by atomic mass is 10.2. The number of nitrogens with zero attached hydrogens (tertiary/aromatic N) is 1. The molecule has 0 saturated heterocycles. The molecule has 0 fully saturated rings. The molecule has 0 aromatic heterocycles. The number of aryl methyl sites for hydroxylation is 1.